The first-order valence-electron chi connectivity index (χ1n) is 10.6. The van der Waals surface area contributed by atoms with Crippen molar-refractivity contribution >= 4 is 17.5 Å². The van der Waals surface area contributed by atoms with Gasteiger partial charge in [0.1, 0.15) is 5.56 Å². The summed E-state index contributed by atoms with van der Waals surface area (Å²) in [5.41, 5.74) is -0.0974. The lowest BCUT2D eigenvalue weighted by Gasteiger charge is -2.17. The molecule has 10 nitrogen and oxygen atoms in total. The second-order valence-electron chi connectivity index (χ2n) is 8.50. The number of nitrogens with one attached hydrogen (secondary N) is 2. The van der Waals surface area contributed by atoms with Crippen molar-refractivity contribution in [2.24, 2.45) is 5.92 Å². The Hall–Kier alpha value is -3.69. The van der Waals surface area contributed by atoms with E-state index >= 15 is 0 Å². The molecule has 1 atom stereocenters. The number of aromatic hydroxyl groups is 1. The number of nitrogens with zero attached hydrogens (tertiary/aromatic N) is 4. The van der Waals surface area contributed by atoms with E-state index in [9.17, 15) is 19.5 Å². The molecular formula is C22H26N6O4. The first-order valence-corrected chi connectivity index (χ1v) is 10.6. The molecule has 10 heteroatoms. The fourth-order valence-electron chi connectivity index (χ4n) is 3.55. The second-order valence-corrected chi connectivity index (χ2v) is 8.50. The van der Waals surface area contributed by atoms with Gasteiger partial charge in [-0.2, -0.15) is 9.61 Å². The van der Waals surface area contributed by atoms with Crippen LogP contribution in [0.5, 0.6) is 5.88 Å². The van der Waals surface area contributed by atoms with Crippen molar-refractivity contribution in [1.82, 2.24) is 29.8 Å². The monoisotopic (exact) mass is 438 g/mol. The lowest BCUT2D eigenvalue weighted by atomic mass is 10.2. The molecule has 4 rings (SSSR count). The van der Waals surface area contributed by atoms with Crippen LogP contribution in [0.25, 0.3) is 5.65 Å². The highest BCUT2D eigenvalue weighted by Crippen LogP contribution is 2.23. The van der Waals surface area contributed by atoms with Gasteiger partial charge in [0.2, 0.25) is 5.88 Å². The van der Waals surface area contributed by atoms with Crippen LogP contribution in [0.1, 0.15) is 66.1 Å². The molecule has 32 heavy (non-hydrogen) atoms. The van der Waals surface area contributed by atoms with Gasteiger partial charge in [-0.1, -0.05) is 19.9 Å². The van der Waals surface area contributed by atoms with Gasteiger partial charge in [0.25, 0.3) is 17.4 Å². The molecule has 0 bridgehead atoms. The van der Waals surface area contributed by atoms with Crippen molar-refractivity contribution < 1.29 is 14.7 Å². The normalized spacial score (nSPS) is 14.5. The third-order valence-corrected chi connectivity index (χ3v) is 5.29. The Morgan fingerprint density at radius 3 is 2.59 bits per heavy atom. The van der Waals surface area contributed by atoms with Crippen LogP contribution in [0, 0.1) is 5.92 Å². The Morgan fingerprint density at radius 1 is 1.22 bits per heavy atom. The molecule has 0 saturated heterocycles. The minimum atomic E-state index is -0.658. The highest BCUT2D eigenvalue weighted by Gasteiger charge is 2.31. The van der Waals surface area contributed by atoms with Crippen molar-refractivity contribution in [2.45, 2.75) is 52.2 Å². The standard InChI is InChI=1S/C22H26N6O4/c1-12(2)11-27-20-15(18(29)25-13(3)16-6-4-5-9-23-16)10-24-28(20)22(32)17(21(27)31)19(30)26-14-7-8-14/h4-6,9-10,12-14,32H,7-8,11H2,1-3H3,(H,25,29)(H,26,30)/t13-/m0/s1. The van der Waals surface area contributed by atoms with Gasteiger partial charge < -0.3 is 15.7 Å². The lowest BCUT2D eigenvalue weighted by molar-refractivity contribution is 0.0935. The molecule has 0 radical (unpaired) electrons. The molecule has 2 amide bonds. The van der Waals surface area contributed by atoms with Crippen LogP contribution in [0.3, 0.4) is 0 Å². The maximum Gasteiger partial charge on any atom is 0.270 e. The predicted octanol–water partition coefficient (Wildman–Crippen LogP) is 1.64. The van der Waals surface area contributed by atoms with E-state index in [1.165, 1.54) is 10.8 Å². The van der Waals surface area contributed by atoms with Crippen LogP contribution in [-0.2, 0) is 6.54 Å². The van der Waals surface area contributed by atoms with Gasteiger partial charge in [0.15, 0.2) is 11.2 Å². The summed E-state index contributed by atoms with van der Waals surface area (Å²) in [6.07, 6.45) is 4.61. The zero-order valence-corrected chi connectivity index (χ0v) is 18.2. The number of hydrogen-bond donors (Lipinski definition) is 3. The molecule has 0 unspecified atom stereocenters. The van der Waals surface area contributed by atoms with Gasteiger partial charge in [-0.15, -0.1) is 0 Å². The number of fused-ring (bicyclic) bond motifs is 1. The molecule has 3 heterocycles. The Labute approximate surface area is 184 Å². The van der Waals surface area contributed by atoms with E-state index in [-0.39, 0.29) is 41.3 Å². The quantitative estimate of drug-likeness (QED) is 0.514. The minimum absolute atomic E-state index is 0.0163. The van der Waals surface area contributed by atoms with Gasteiger partial charge in [-0.3, -0.25) is 23.9 Å². The van der Waals surface area contributed by atoms with Gasteiger partial charge in [0.05, 0.1) is 17.9 Å². The van der Waals surface area contributed by atoms with Crippen LogP contribution in [0.15, 0.2) is 35.4 Å². The average molecular weight is 438 g/mol. The van der Waals surface area contributed by atoms with Crippen molar-refractivity contribution in [1.29, 1.82) is 0 Å². The second kappa shape index (κ2) is 8.45. The minimum Gasteiger partial charge on any atom is -0.492 e. The fraction of sp³-hybridized carbons (Fsp3) is 0.409. The number of amides is 2. The SMILES string of the molecule is CC(C)Cn1c(=O)c(C(=O)NC2CC2)c(O)n2ncc(C(=O)N[C@@H](C)c3ccccn3)c12. The van der Waals surface area contributed by atoms with E-state index in [4.69, 9.17) is 0 Å². The van der Waals surface area contributed by atoms with Crippen LogP contribution in [-0.4, -0.2) is 42.1 Å². The van der Waals surface area contributed by atoms with E-state index in [0.717, 1.165) is 17.4 Å². The van der Waals surface area contributed by atoms with Crippen LogP contribution in [0.4, 0.5) is 0 Å². The van der Waals surface area contributed by atoms with Crippen molar-refractivity contribution in [3.63, 3.8) is 0 Å². The van der Waals surface area contributed by atoms with Crippen molar-refractivity contribution in [3.05, 3.63) is 57.8 Å². The van der Waals surface area contributed by atoms with E-state index in [1.54, 1.807) is 25.3 Å². The summed E-state index contributed by atoms with van der Waals surface area (Å²) in [4.78, 5) is 43.2. The predicted molar refractivity (Wildman–Crippen MR) is 117 cm³/mol. The fourth-order valence-corrected chi connectivity index (χ4v) is 3.55. The van der Waals surface area contributed by atoms with E-state index in [1.807, 2.05) is 19.9 Å². The van der Waals surface area contributed by atoms with Crippen molar-refractivity contribution in [2.75, 3.05) is 0 Å². The Morgan fingerprint density at radius 2 is 1.97 bits per heavy atom. The molecule has 168 valence electrons. The third kappa shape index (κ3) is 4.08. The zero-order chi connectivity index (χ0) is 23.0. The molecule has 0 spiro atoms. The third-order valence-electron chi connectivity index (χ3n) is 5.29. The number of aromatic nitrogens is 4. The summed E-state index contributed by atoms with van der Waals surface area (Å²) in [5.74, 6) is -1.65. The Balaban J connectivity index is 1.78. The maximum atomic E-state index is 13.3. The number of carbonyl (C=O) groups excluding carboxylic acids is 2. The largest absolute Gasteiger partial charge is 0.492 e. The van der Waals surface area contributed by atoms with E-state index in [2.05, 4.69) is 20.7 Å². The Bertz CT molecular complexity index is 1230. The molecule has 1 saturated carbocycles. The maximum absolute atomic E-state index is 13.3. The van der Waals surface area contributed by atoms with E-state index in [0.29, 0.717) is 5.69 Å². The summed E-state index contributed by atoms with van der Waals surface area (Å²) in [7, 11) is 0. The summed E-state index contributed by atoms with van der Waals surface area (Å²) < 4.78 is 2.41. The number of pyridine rings is 1. The van der Waals surface area contributed by atoms with Crippen LogP contribution >= 0.6 is 0 Å². The van der Waals surface area contributed by atoms with Crippen molar-refractivity contribution in [3.8, 4) is 5.88 Å². The Kier molecular flexibility index (Phi) is 5.68. The highest BCUT2D eigenvalue weighted by molar-refractivity contribution is 6.01. The summed E-state index contributed by atoms with van der Waals surface area (Å²) >= 11 is 0. The molecule has 0 aliphatic heterocycles. The number of rotatable bonds is 7. The molecule has 0 aromatic carbocycles. The molecule has 1 fully saturated rings. The molecule has 3 aromatic rings. The lowest BCUT2D eigenvalue weighted by Crippen LogP contribution is -2.37. The van der Waals surface area contributed by atoms with E-state index < -0.39 is 23.3 Å². The molecule has 3 aromatic heterocycles. The van der Waals surface area contributed by atoms with Gasteiger partial charge >= 0.3 is 0 Å². The summed E-state index contributed by atoms with van der Waals surface area (Å²) in [6, 6.07) is 5.04. The smallest absolute Gasteiger partial charge is 0.270 e. The summed E-state index contributed by atoms with van der Waals surface area (Å²) in [5, 5.41) is 20.4. The average Bonchev–Trinajstić information content (AvgIpc) is 3.45. The highest BCUT2D eigenvalue weighted by atomic mass is 16.3. The number of hydrogen-bond acceptors (Lipinski definition) is 6. The molecule has 1 aliphatic carbocycles. The van der Waals surface area contributed by atoms with Crippen LogP contribution in [0.2, 0.25) is 0 Å². The first kappa shape index (κ1) is 21.5. The molecule has 3 N–H and O–H groups in total. The molecule has 1 aliphatic rings. The number of carbonyl (C=O) groups is 2. The zero-order valence-electron chi connectivity index (χ0n) is 18.2. The first-order chi connectivity index (χ1) is 15.3. The van der Waals surface area contributed by atoms with Crippen LogP contribution < -0.4 is 16.2 Å². The topological polar surface area (TPSA) is 131 Å². The molecular weight excluding hydrogens is 412 g/mol. The van der Waals surface area contributed by atoms with Gasteiger partial charge in [-0.05, 0) is 37.8 Å². The summed E-state index contributed by atoms with van der Waals surface area (Å²) in [6.45, 7) is 5.87. The van der Waals surface area contributed by atoms with Gasteiger partial charge in [0, 0.05) is 18.8 Å². The van der Waals surface area contributed by atoms with Gasteiger partial charge in [-0.25, -0.2) is 0 Å².